The van der Waals surface area contributed by atoms with Crippen molar-refractivity contribution < 1.29 is 14.0 Å². The van der Waals surface area contributed by atoms with E-state index in [-0.39, 0.29) is 17.6 Å². The molecule has 2 N–H and O–H groups in total. The highest BCUT2D eigenvalue weighted by Gasteiger charge is 2.24. The number of hydrogen-bond donors (Lipinski definition) is 2. The number of hydrogen-bond acceptors (Lipinski definition) is 2. The van der Waals surface area contributed by atoms with E-state index >= 15 is 0 Å². The van der Waals surface area contributed by atoms with E-state index in [1.165, 1.54) is 12.1 Å². The van der Waals surface area contributed by atoms with Crippen molar-refractivity contribution in [3.05, 3.63) is 35.6 Å². The lowest BCUT2D eigenvalue weighted by atomic mass is 9.95. The van der Waals surface area contributed by atoms with Crippen molar-refractivity contribution in [2.45, 2.75) is 40.2 Å². The zero-order valence-corrected chi connectivity index (χ0v) is 13.0. The van der Waals surface area contributed by atoms with Crippen molar-refractivity contribution in [1.29, 1.82) is 0 Å². The third-order valence-corrected chi connectivity index (χ3v) is 3.05. The topological polar surface area (TPSA) is 58.2 Å². The maximum Gasteiger partial charge on any atom is 0.242 e. The summed E-state index contributed by atoms with van der Waals surface area (Å²) in [5.74, 6) is -0.667. The Morgan fingerprint density at radius 3 is 2.29 bits per heavy atom. The van der Waals surface area contributed by atoms with E-state index in [4.69, 9.17) is 0 Å². The molecule has 0 saturated heterocycles. The minimum atomic E-state index is -0.579. The highest BCUT2D eigenvalue weighted by atomic mass is 19.1. The van der Waals surface area contributed by atoms with Crippen LogP contribution in [0.4, 0.5) is 4.39 Å². The van der Waals surface area contributed by atoms with Gasteiger partial charge in [0.05, 0.1) is 0 Å². The SMILES string of the molecule is CC(NC(=O)C(C)(C)C)C(=O)NCCc1ccc(F)cc1. The zero-order valence-electron chi connectivity index (χ0n) is 13.0. The van der Waals surface area contributed by atoms with Crippen LogP contribution in [0.5, 0.6) is 0 Å². The summed E-state index contributed by atoms with van der Waals surface area (Å²) in [4.78, 5) is 23.6. The molecule has 1 atom stereocenters. The number of halogens is 1. The number of nitrogens with one attached hydrogen (secondary N) is 2. The number of amides is 2. The van der Waals surface area contributed by atoms with Gasteiger partial charge in [-0.2, -0.15) is 0 Å². The van der Waals surface area contributed by atoms with E-state index in [1.807, 2.05) is 0 Å². The van der Waals surface area contributed by atoms with Crippen molar-refractivity contribution in [3.63, 3.8) is 0 Å². The van der Waals surface area contributed by atoms with Gasteiger partial charge in [0.25, 0.3) is 0 Å². The molecule has 0 fully saturated rings. The number of rotatable bonds is 5. The van der Waals surface area contributed by atoms with Crippen molar-refractivity contribution in [3.8, 4) is 0 Å². The van der Waals surface area contributed by atoms with Crippen LogP contribution in [-0.4, -0.2) is 24.4 Å². The molecule has 0 bridgehead atoms. The maximum atomic E-state index is 12.8. The van der Waals surface area contributed by atoms with E-state index in [0.29, 0.717) is 13.0 Å². The Hall–Kier alpha value is -1.91. The molecule has 2 amide bonds. The molecule has 1 unspecified atom stereocenters. The fraction of sp³-hybridized carbons (Fsp3) is 0.500. The number of carbonyl (C=O) groups is 2. The second kappa shape index (κ2) is 7.20. The van der Waals surface area contributed by atoms with Gasteiger partial charge in [0.2, 0.25) is 11.8 Å². The first-order valence-electron chi connectivity index (χ1n) is 7.03. The Kier molecular flexibility index (Phi) is 5.88. The third kappa shape index (κ3) is 5.94. The van der Waals surface area contributed by atoms with Gasteiger partial charge in [-0.25, -0.2) is 4.39 Å². The molecule has 0 radical (unpaired) electrons. The Morgan fingerprint density at radius 1 is 1.19 bits per heavy atom. The van der Waals surface area contributed by atoms with E-state index in [9.17, 15) is 14.0 Å². The van der Waals surface area contributed by atoms with Crippen LogP contribution in [0.1, 0.15) is 33.3 Å². The van der Waals surface area contributed by atoms with E-state index < -0.39 is 11.5 Å². The molecule has 5 heteroatoms. The maximum absolute atomic E-state index is 12.8. The Bertz CT molecular complexity index is 492. The lowest BCUT2D eigenvalue weighted by Gasteiger charge is -2.21. The first-order chi connectivity index (χ1) is 9.70. The molecule has 0 aliphatic rings. The van der Waals surface area contributed by atoms with Crippen LogP contribution in [0.3, 0.4) is 0 Å². The molecule has 0 saturated carbocycles. The van der Waals surface area contributed by atoms with Crippen molar-refractivity contribution in [2.24, 2.45) is 5.41 Å². The molecule has 0 heterocycles. The van der Waals surface area contributed by atoms with E-state index in [2.05, 4.69) is 10.6 Å². The van der Waals surface area contributed by atoms with Crippen LogP contribution < -0.4 is 10.6 Å². The standard InChI is InChI=1S/C16H23FN2O2/c1-11(19-15(21)16(2,3)4)14(20)18-10-9-12-5-7-13(17)8-6-12/h5-8,11H,9-10H2,1-4H3,(H,18,20)(H,19,21). The quantitative estimate of drug-likeness (QED) is 0.873. The second-order valence-corrected chi connectivity index (χ2v) is 6.11. The van der Waals surface area contributed by atoms with E-state index in [1.54, 1.807) is 39.8 Å². The fourth-order valence-corrected chi connectivity index (χ4v) is 1.61. The summed E-state index contributed by atoms with van der Waals surface area (Å²) in [7, 11) is 0. The molecule has 21 heavy (non-hydrogen) atoms. The van der Waals surface area contributed by atoms with Gasteiger partial charge in [-0.15, -0.1) is 0 Å². The molecule has 1 aromatic rings. The van der Waals surface area contributed by atoms with Crippen molar-refractivity contribution in [1.82, 2.24) is 10.6 Å². The van der Waals surface area contributed by atoms with E-state index in [0.717, 1.165) is 5.56 Å². The molecular weight excluding hydrogens is 271 g/mol. The van der Waals surface area contributed by atoms with Crippen LogP contribution in [0, 0.1) is 11.2 Å². The minimum Gasteiger partial charge on any atom is -0.354 e. The Balaban J connectivity index is 2.36. The average Bonchev–Trinajstić information content (AvgIpc) is 2.39. The largest absolute Gasteiger partial charge is 0.354 e. The average molecular weight is 294 g/mol. The first-order valence-corrected chi connectivity index (χ1v) is 7.03. The predicted octanol–water partition coefficient (Wildman–Crippen LogP) is 2.04. The smallest absolute Gasteiger partial charge is 0.242 e. The molecule has 0 aliphatic heterocycles. The number of benzene rings is 1. The fourth-order valence-electron chi connectivity index (χ4n) is 1.61. The van der Waals surface area contributed by atoms with Crippen LogP contribution in [0.2, 0.25) is 0 Å². The molecule has 1 rings (SSSR count). The normalized spacial score (nSPS) is 12.6. The van der Waals surface area contributed by atoms with Gasteiger partial charge in [0, 0.05) is 12.0 Å². The highest BCUT2D eigenvalue weighted by molar-refractivity contribution is 5.89. The molecule has 0 aliphatic carbocycles. The summed E-state index contributed by atoms with van der Waals surface area (Å²) >= 11 is 0. The summed E-state index contributed by atoms with van der Waals surface area (Å²) in [5.41, 5.74) is 0.422. The second-order valence-electron chi connectivity index (χ2n) is 6.11. The summed E-state index contributed by atoms with van der Waals surface area (Å²) < 4.78 is 12.8. The minimum absolute atomic E-state index is 0.163. The Labute approximate surface area is 125 Å². The third-order valence-electron chi connectivity index (χ3n) is 3.05. The van der Waals surface area contributed by atoms with Gasteiger partial charge >= 0.3 is 0 Å². The van der Waals surface area contributed by atoms with Gasteiger partial charge < -0.3 is 10.6 Å². The van der Waals surface area contributed by atoms with Crippen LogP contribution in [0.25, 0.3) is 0 Å². The zero-order chi connectivity index (χ0) is 16.0. The molecule has 1 aromatic carbocycles. The van der Waals surface area contributed by atoms with Crippen LogP contribution >= 0.6 is 0 Å². The molecular formula is C16H23FN2O2. The number of carbonyl (C=O) groups excluding carboxylic acids is 2. The van der Waals surface area contributed by atoms with Crippen LogP contribution in [-0.2, 0) is 16.0 Å². The lowest BCUT2D eigenvalue weighted by Crippen LogP contribution is -2.48. The molecule has 0 aromatic heterocycles. The van der Waals surface area contributed by atoms with Gasteiger partial charge in [0.15, 0.2) is 0 Å². The molecule has 116 valence electrons. The Morgan fingerprint density at radius 2 is 1.76 bits per heavy atom. The monoisotopic (exact) mass is 294 g/mol. The van der Waals surface area contributed by atoms with Gasteiger partial charge in [0.1, 0.15) is 11.9 Å². The summed E-state index contributed by atoms with van der Waals surface area (Å²) in [6.45, 7) is 7.47. The highest BCUT2D eigenvalue weighted by Crippen LogP contribution is 2.12. The van der Waals surface area contributed by atoms with Gasteiger partial charge in [-0.3, -0.25) is 9.59 Å². The predicted molar refractivity (Wildman–Crippen MR) is 80.2 cm³/mol. The van der Waals surface area contributed by atoms with Crippen molar-refractivity contribution >= 4 is 11.8 Å². The lowest BCUT2D eigenvalue weighted by molar-refractivity contribution is -0.133. The van der Waals surface area contributed by atoms with Crippen LogP contribution in [0.15, 0.2) is 24.3 Å². The molecule has 4 nitrogen and oxygen atoms in total. The van der Waals surface area contributed by atoms with Gasteiger partial charge in [-0.05, 0) is 31.0 Å². The first kappa shape index (κ1) is 17.1. The summed E-state index contributed by atoms with van der Waals surface area (Å²) in [6.07, 6.45) is 0.617. The molecule has 0 spiro atoms. The van der Waals surface area contributed by atoms with Crippen molar-refractivity contribution in [2.75, 3.05) is 6.54 Å². The van der Waals surface area contributed by atoms with Gasteiger partial charge in [-0.1, -0.05) is 32.9 Å². The summed E-state index contributed by atoms with van der Waals surface area (Å²) in [6, 6.07) is 5.58. The summed E-state index contributed by atoms with van der Waals surface area (Å²) in [5, 5.41) is 5.43.